The lowest BCUT2D eigenvalue weighted by molar-refractivity contribution is -0.116. The minimum atomic E-state index is -3.78. The van der Waals surface area contributed by atoms with Crippen LogP contribution in [0.4, 0.5) is 16.5 Å². The van der Waals surface area contributed by atoms with Crippen LogP contribution in [0.5, 0.6) is 0 Å². The second-order valence-electron chi connectivity index (χ2n) is 6.93. The maximum absolute atomic E-state index is 12.4. The van der Waals surface area contributed by atoms with Crippen molar-refractivity contribution in [3.63, 3.8) is 0 Å². The zero-order valence-electron chi connectivity index (χ0n) is 17.4. The van der Waals surface area contributed by atoms with Gasteiger partial charge in [0.25, 0.3) is 10.0 Å². The summed E-state index contributed by atoms with van der Waals surface area (Å²) < 4.78 is 52.6. The monoisotopic (exact) mass is 528 g/mol. The molecule has 2 aromatic carbocycles. The van der Waals surface area contributed by atoms with Gasteiger partial charge in [-0.1, -0.05) is 11.6 Å². The van der Waals surface area contributed by atoms with E-state index >= 15 is 0 Å². The van der Waals surface area contributed by atoms with Gasteiger partial charge in [0.2, 0.25) is 15.9 Å². The van der Waals surface area contributed by atoms with Gasteiger partial charge in [0.1, 0.15) is 0 Å². The summed E-state index contributed by atoms with van der Waals surface area (Å²) in [5, 5.41) is 5.08. The van der Waals surface area contributed by atoms with Crippen molar-refractivity contribution in [3.05, 3.63) is 65.1 Å². The molecule has 0 atom stereocenters. The summed E-state index contributed by atoms with van der Waals surface area (Å²) in [6, 6.07) is 12.1. The molecule has 0 saturated heterocycles. The van der Waals surface area contributed by atoms with Gasteiger partial charge < -0.3 is 5.32 Å². The Kier molecular flexibility index (Phi) is 7.95. The summed E-state index contributed by atoms with van der Waals surface area (Å²) in [6.07, 6.45) is 2.95. The molecule has 0 bridgehead atoms. The third-order valence-corrected chi connectivity index (χ3v) is 8.00. The summed E-state index contributed by atoms with van der Waals surface area (Å²) >= 11 is 7.02. The van der Waals surface area contributed by atoms with E-state index < -0.39 is 20.0 Å². The van der Waals surface area contributed by atoms with Crippen molar-refractivity contribution >= 4 is 65.4 Å². The summed E-state index contributed by atoms with van der Waals surface area (Å²) in [7, 11) is -7.31. The molecule has 0 saturated carbocycles. The first-order valence-electron chi connectivity index (χ1n) is 9.60. The van der Waals surface area contributed by atoms with E-state index in [1.54, 1.807) is 29.6 Å². The average molecular weight is 529 g/mol. The number of aromatic nitrogens is 1. The molecule has 2 N–H and O–H groups in total. The fourth-order valence-electron chi connectivity index (χ4n) is 2.87. The molecule has 33 heavy (non-hydrogen) atoms. The number of benzene rings is 2. The molecule has 3 rings (SSSR count). The Balaban J connectivity index is 1.55. The number of hydrogen-bond donors (Lipinski definition) is 2. The van der Waals surface area contributed by atoms with Gasteiger partial charge >= 0.3 is 0 Å². The van der Waals surface area contributed by atoms with Crippen molar-refractivity contribution in [2.75, 3.05) is 27.1 Å². The van der Waals surface area contributed by atoms with Gasteiger partial charge in [-0.3, -0.25) is 13.8 Å². The van der Waals surface area contributed by atoms with Crippen LogP contribution >= 0.6 is 22.9 Å². The molecule has 0 spiro atoms. The molecule has 0 aliphatic rings. The topological polar surface area (TPSA) is 126 Å². The number of carbonyl (C=O) groups excluding carboxylic acids is 1. The number of hydrogen-bond acceptors (Lipinski definition) is 7. The first-order chi connectivity index (χ1) is 15.5. The van der Waals surface area contributed by atoms with Crippen LogP contribution in [-0.4, -0.2) is 40.5 Å². The number of nitrogens with zero attached hydrogens (tertiary/aromatic N) is 2. The highest BCUT2D eigenvalue weighted by Gasteiger charge is 2.18. The van der Waals surface area contributed by atoms with Crippen LogP contribution < -0.4 is 14.3 Å². The molecule has 1 amide bonds. The lowest BCUT2D eigenvalue weighted by Gasteiger charge is -2.22. The standard InChI is InChI=1S/C20H21ClN4O5S3/c1-32(27,28)25(17-8-4-15(21)5-9-17)13-2-3-19(26)23-16-6-10-18(11-7-16)33(29,30)24-20-22-12-14-31-20/h4-12,14H,2-3,13H2,1H3,(H,22,24)(H,23,26). The number of rotatable bonds is 10. The lowest BCUT2D eigenvalue weighted by Crippen LogP contribution is -2.31. The molecule has 9 nitrogen and oxygen atoms in total. The lowest BCUT2D eigenvalue weighted by atomic mass is 10.2. The van der Waals surface area contributed by atoms with E-state index in [9.17, 15) is 21.6 Å². The van der Waals surface area contributed by atoms with Crippen molar-refractivity contribution in [1.82, 2.24) is 4.98 Å². The molecule has 0 radical (unpaired) electrons. The second-order valence-corrected chi connectivity index (χ2v) is 11.9. The van der Waals surface area contributed by atoms with Crippen molar-refractivity contribution in [2.45, 2.75) is 17.7 Å². The summed E-state index contributed by atoms with van der Waals surface area (Å²) in [6.45, 7) is 0.119. The van der Waals surface area contributed by atoms with Crippen molar-refractivity contribution < 1.29 is 21.6 Å². The second kappa shape index (κ2) is 10.5. The van der Waals surface area contributed by atoms with Crippen LogP contribution in [-0.2, 0) is 24.8 Å². The third kappa shape index (κ3) is 7.16. The largest absolute Gasteiger partial charge is 0.326 e. The number of carbonyl (C=O) groups is 1. The Morgan fingerprint density at radius 3 is 2.30 bits per heavy atom. The smallest absolute Gasteiger partial charge is 0.263 e. The van der Waals surface area contributed by atoms with Gasteiger partial charge in [0, 0.05) is 35.3 Å². The van der Waals surface area contributed by atoms with Crippen LogP contribution in [0, 0.1) is 0 Å². The molecular formula is C20H21ClN4O5S3. The number of halogens is 1. The maximum Gasteiger partial charge on any atom is 0.263 e. The fraction of sp³-hybridized carbons (Fsp3) is 0.200. The number of thiazole rings is 1. The maximum atomic E-state index is 12.4. The van der Waals surface area contributed by atoms with E-state index in [4.69, 9.17) is 11.6 Å². The van der Waals surface area contributed by atoms with E-state index in [0.717, 1.165) is 17.6 Å². The Hall–Kier alpha value is -2.67. The van der Waals surface area contributed by atoms with Crippen LogP contribution in [0.25, 0.3) is 0 Å². The van der Waals surface area contributed by atoms with E-state index in [0.29, 0.717) is 16.4 Å². The van der Waals surface area contributed by atoms with Gasteiger partial charge in [-0.2, -0.15) is 0 Å². The van der Waals surface area contributed by atoms with Crippen molar-refractivity contribution in [2.24, 2.45) is 0 Å². The highest BCUT2D eigenvalue weighted by molar-refractivity contribution is 7.93. The summed E-state index contributed by atoms with van der Waals surface area (Å²) in [5.41, 5.74) is 0.885. The van der Waals surface area contributed by atoms with E-state index in [2.05, 4.69) is 15.0 Å². The van der Waals surface area contributed by atoms with E-state index in [-0.39, 0.29) is 35.3 Å². The molecule has 1 aromatic heterocycles. The minimum absolute atomic E-state index is 0.0301. The van der Waals surface area contributed by atoms with Gasteiger partial charge in [-0.15, -0.1) is 11.3 Å². The molecule has 0 aliphatic heterocycles. The molecule has 0 fully saturated rings. The zero-order valence-corrected chi connectivity index (χ0v) is 20.6. The molecule has 13 heteroatoms. The molecule has 0 aliphatic carbocycles. The van der Waals surface area contributed by atoms with E-state index in [1.807, 2.05) is 0 Å². The predicted molar refractivity (Wildman–Crippen MR) is 131 cm³/mol. The predicted octanol–water partition coefficient (Wildman–Crippen LogP) is 3.78. The Morgan fingerprint density at radius 2 is 1.73 bits per heavy atom. The van der Waals surface area contributed by atoms with Gasteiger partial charge in [0.05, 0.1) is 16.8 Å². The van der Waals surface area contributed by atoms with Crippen molar-refractivity contribution in [1.29, 1.82) is 0 Å². The number of anilines is 3. The number of amides is 1. The number of nitrogens with one attached hydrogen (secondary N) is 2. The fourth-order valence-corrected chi connectivity index (χ4v) is 5.75. The first kappa shape index (κ1) is 25.0. The number of sulfonamides is 2. The van der Waals surface area contributed by atoms with Crippen LogP contribution in [0.3, 0.4) is 0 Å². The zero-order chi connectivity index (χ0) is 24.1. The van der Waals surface area contributed by atoms with Crippen LogP contribution in [0.2, 0.25) is 5.02 Å². The summed E-state index contributed by atoms with van der Waals surface area (Å²) in [4.78, 5) is 16.2. The Bertz CT molecular complexity index is 1290. The van der Waals surface area contributed by atoms with Gasteiger partial charge in [-0.25, -0.2) is 21.8 Å². The molecule has 3 aromatic rings. The van der Waals surface area contributed by atoms with Crippen LogP contribution in [0.15, 0.2) is 65.0 Å². The highest BCUT2D eigenvalue weighted by atomic mass is 35.5. The first-order valence-corrected chi connectivity index (χ1v) is 14.2. The van der Waals surface area contributed by atoms with E-state index in [1.165, 1.54) is 34.8 Å². The van der Waals surface area contributed by atoms with Crippen molar-refractivity contribution in [3.8, 4) is 0 Å². The molecular weight excluding hydrogens is 508 g/mol. The van der Waals surface area contributed by atoms with Crippen LogP contribution in [0.1, 0.15) is 12.8 Å². The highest BCUT2D eigenvalue weighted by Crippen LogP contribution is 2.22. The third-order valence-electron chi connectivity index (χ3n) is 4.38. The minimum Gasteiger partial charge on any atom is -0.326 e. The molecule has 0 unspecified atom stereocenters. The summed E-state index contributed by atoms with van der Waals surface area (Å²) in [5.74, 6) is -0.323. The van der Waals surface area contributed by atoms with Gasteiger partial charge in [-0.05, 0) is 55.0 Å². The van der Waals surface area contributed by atoms with Gasteiger partial charge in [0.15, 0.2) is 5.13 Å². The Morgan fingerprint density at radius 1 is 1.06 bits per heavy atom. The molecule has 1 heterocycles. The average Bonchev–Trinajstić information content (AvgIpc) is 3.24. The molecule has 176 valence electrons. The quantitative estimate of drug-likeness (QED) is 0.412. The normalized spacial score (nSPS) is 11.7. The Labute approximate surface area is 201 Å². The SMILES string of the molecule is CS(=O)(=O)N(CCCC(=O)Nc1ccc(S(=O)(=O)Nc2nccs2)cc1)c1ccc(Cl)cc1.